The third kappa shape index (κ3) is 5.64. The first-order valence-corrected chi connectivity index (χ1v) is 5.19. The third-order valence-corrected chi connectivity index (χ3v) is 1.99. The number of nitrogens with zero attached hydrogens (tertiary/aromatic N) is 1. The minimum absolute atomic E-state index is 0.238. The van der Waals surface area contributed by atoms with E-state index in [1.54, 1.807) is 12.3 Å². The van der Waals surface area contributed by atoms with Gasteiger partial charge in [-0.1, -0.05) is 0 Å². The van der Waals surface area contributed by atoms with Crippen LogP contribution in [0.5, 0.6) is 0 Å². The number of alkyl halides is 2. The molecule has 0 fully saturated rings. The van der Waals surface area contributed by atoms with Crippen molar-refractivity contribution in [3.8, 4) is 0 Å². The van der Waals surface area contributed by atoms with E-state index in [1.807, 2.05) is 6.07 Å². The molecule has 84 valence electrons. The maximum Gasteiger partial charge on any atom is 0.261 e. The smallest absolute Gasteiger partial charge is 0.261 e. The number of aromatic nitrogens is 1. The molecule has 3 nitrogen and oxygen atoms in total. The van der Waals surface area contributed by atoms with E-state index in [1.165, 1.54) is 0 Å². The van der Waals surface area contributed by atoms with Crippen molar-refractivity contribution in [2.75, 3.05) is 25.1 Å². The van der Waals surface area contributed by atoms with Crippen LogP contribution in [0, 0.1) is 0 Å². The Bertz CT molecular complexity index is 282. The Labute approximate surface area is 95.0 Å². The number of hydrogen-bond acceptors (Lipinski definition) is 3. The molecule has 0 radical (unpaired) electrons. The quantitative estimate of drug-likeness (QED) is 0.814. The number of hydrogen-bond donors (Lipinski definition) is 1. The zero-order valence-electron chi connectivity index (χ0n) is 7.92. The van der Waals surface area contributed by atoms with Gasteiger partial charge < -0.3 is 10.1 Å². The first-order valence-electron chi connectivity index (χ1n) is 4.40. The number of rotatable bonds is 6. The Morgan fingerprint density at radius 3 is 2.87 bits per heavy atom. The highest BCUT2D eigenvalue weighted by Crippen LogP contribution is 2.09. The first-order chi connectivity index (χ1) is 7.18. The van der Waals surface area contributed by atoms with Gasteiger partial charge in [-0.2, -0.15) is 0 Å². The molecule has 1 aromatic heterocycles. The van der Waals surface area contributed by atoms with Crippen LogP contribution in [0.2, 0.25) is 0 Å². The summed E-state index contributed by atoms with van der Waals surface area (Å²) in [7, 11) is 0. The number of nitrogens with one attached hydrogen (secondary N) is 1. The van der Waals surface area contributed by atoms with Gasteiger partial charge in [-0.15, -0.1) is 0 Å². The molecule has 1 heterocycles. The Hall–Kier alpha value is -0.750. The SMILES string of the molecule is FC(F)COCCNc1ccc(Br)cn1. The van der Waals surface area contributed by atoms with Crippen molar-refractivity contribution in [3.05, 3.63) is 22.8 Å². The molecule has 0 saturated carbocycles. The van der Waals surface area contributed by atoms with E-state index in [0.717, 1.165) is 4.47 Å². The Balaban J connectivity index is 2.12. The largest absolute Gasteiger partial charge is 0.374 e. The maximum absolute atomic E-state index is 11.7. The molecular formula is C9H11BrF2N2O. The molecular weight excluding hydrogens is 270 g/mol. The van der Waals surface area contributed by atoms with E-state index in [-0.39, 0.29) is 6.61 Å². The lowest BCUT2D eigenvalue weighted by molar-refractivity contribution is 0.0215. The average Bonchev–Trinajstić information content (AvgIpc) is 2.20. The predicted molar refractivity (Wildman–Crippen MR) is 57.2 cm³/mol. The van der Waals surface area contributed by atoms with Crippen molar-refractivity contribution in [2.24, 2.45) is 0 Å². The molecule has 0 spiro atoms. The van der Waals surface area contributed by atoms with E-state index in [0.29, 0.717) is 12.4 Å². The lowest BCUT2D eigenvalue weighted by atomic mass is 10.4. The van der Waals surface area contributed by atoms with Crippen LogP contribution in [0.4, 0.5) is 14.6 Å². The van der Waals surface area contributed by atoms with E-state index < -0.39 is 13.0 Å². The van der Waals surface area contributed by atoms with Gasteiger partial charge in [0, 0.05) is 17.2 Å². The van der Waals surface area contributed by atoms with Gasteiger partial charge in [0.05, 0.1) is 6.61 Å². The minimum Gasteiger partial charge on any atom is -0.374 e. The van der Waals surface area contributed by atoms with Crippen LogP contribution in [-0.2, 0) is 4.74 Å². The molecule has 6 heteroatoms. The van der Waals surface area contributed by atoms with E-state index >= 15 is 0 Å². The van der Waals surface area contributed by atoms with Gasteiger partial charge in [0.15, 0.2) is 0 Å². The summed E-state index contributed by atoms with van der Waals surface area (Å²) in [6.07, 6.45) is -0.752. The third-order valence-electron chi connectivity index (χ3n) is 1.52. The zero-order valence-corrected chi connectivity index (χ0v) is 9.51. The normalized spacial score (nSPS) is 10.7. The van der Waals surface area contributed by atoms with Crippen LogP contribution < -0.4 is 5.32 Å². The molecule has 0 saturated heterocycles. The molecule has 1 rings (SSSR count). The van der Waals surface area contributed by atoms with Crippen molar-refractivity contribution < 1.29 is 13.5 Å². The summed E-state index contributed by atoms with van der Waals surface area (Å²) in [6, 6.07) is 3.63. The zero-order chi connectivity index (χ0) is 11.1. The second-order valence-corrected chi connectivity index (χ2v) is 3.67. The Kier molecular flexibility index (Phi) is 5.49. The fourth-order valence-corrected chi connectivity index (χ4v) is 1.14. The molecule has 0 aliphatic heterocycles. The molecule has 15 heavy (non-hydrogen) atoms. The molecule has 0 unspecified atom stereocenters. The average molecular weight is 281 g/mol. The summed E-state index contributed by atoms with van der Waals surface area (Å²) < 4.78 is 28.9. The van der Waals surface area contributed by atoms with E-state index in [9.17, 15) is 8.78 Å². The molecule has 1 N–H and O–H groups in total. The number of ether oxygens (including phenoxy) is 1. The van der Waals surface area contributed by atoms with Crippen LogP contribution in [0.3, 0.4) is 0 Å². The fraction of sp³-hybridized carbons (Fsp3) is 0.444. The van der Waals surface area contributed by atoms with Gasteiger partial charge in [-0.05, 0) is 28.1 Å². The van der Waals surface area contributed by atoms with Gasteiger partial charge in [-0.3, -0.25) is 0 Å². The monoisotopic (exact) mass is 280 g/mol. The molecule has 0 amide bonds. The summed E-state index contributed by atoms with van der Waals surface area (Å²) in [5.74, 6) is 0.693. The van der Waals surface area contributed by atoms with Crippen molar-refractivity contribution in [1.82, 2.24) is 4.98 Å². The highest BCUT2D eigenvalue weighted by atomic mass is 79.9. The molecule has 0 aliphatic rings. The van der Waals surface area contributed by atoms with Crippen molar-refractivity contribution >= 4 is 21.7 Å². The van der Waals surface area contributed by atoms with Crippen molar-refractivity contribution in [2.45, 2.75) is 6.43 Å². The highest BCUT2D eigenvalue weighted by Gasteiger charge is 2.00. The summed E-state index contributed by atoms with van der Waals surface area (Å²) >= 11 is 3.26. The van der Waals surface area contributed by atoms with Crippen LogP contribution >= 0.6 is 15.9 Å². The van der Waals surface area contributed by atoms with Crippen LogP contribution in [0.1, 0.15) is 0 Å². The number of anilines is 1. The summed E-state index contributed by atoms with van der Waals surface area (Å²) in [6.45, 7) is 0.179. The van der Waals surface area contributed by atoms with E-state index in [2.05, 4.69) is 26.2 Å². The summed E-state index contributed by atoms with van der Waals surface area (Å²) in [4.78, 5) is 4.05. The molecule has 1 aromatic rings. The van der Waals surface area contributed by atoms with Crippen LogP contribution in [0.25, 0.3) is 0 Å². The van der Waals surface area contributed by atoms with Crippen LogP contribution in [0.15, 0.2) is 22.8 Å². The second-order valence-electron chi connectivity index (χ2n) is 2.75. The van der Waals surface area contributed by atoms with Crippen molar-refractivity contribution in [3.63, 3.8) is 0 Å². The predicted octanol–water partition coefficient (Wildman–Crippen LogP) is 2.54. The molecule has 0 atom stereocenters. The van der Waals surface area contributed by atoms with Gasteiger partial charge >= 0.3 is 0 Å². The lowest BCUT2D eigenvalue weighted by Crippen LogP contribution is -2.13. The lowest BCUT2D eigenvalue weighted by Gasteiger charge is -2.06. The Morgan fingerprint density at radius 1 is 1.47 bits per heavy atom. The van der Waals surface area contributed by atoms with Gasteiger partial charge in [-0.25, -0.2) is 13.8 Å². The van der Waals surface area contributed by atoms with Gasteiger partial charge in [0.25, 0.3) is 6.43 Å². The number of pyridine rings is 1. The van der Waals surface area contributed by atoms with E-state index in [4.69, 9.17) is 4.74 Å². The summed E-state index contributed by atoms with van der Waals surface area (Å²) in [5, 5.41) is 2.94. The molecule has 0 bridgehead atoms. The summed E-state index contributed by atoms with van der Waals surface area (Å²) in [5.41, 5.74) is 0. The minimum atomic E-state index is -2.41. The molecule has 0 aliphatic carbocycles. The maximum atomic E-state index is 11.7. The molecule has 0 aromatic carbocycles. The van der Waals surface area contributed by atoms with Crippen LogP contribution in [-0.4, -0.2) is 31.2 Å². The Morgan fingerprint density at radius 2 is 2.27 bits per heavy atom. The first kappa shape index (κ1) is 12.3. The standard InChI is InChI=1S/C9H11BrF2N2O/c10-7-1-2-9(14-5-7)13-3-4-15-6-8(11)12/h1-2,5,8H,3-4,6H2,(H,13,14). The number of halogens is 3. The fourth-order valence-electron chi connectivity index (χ4n) is 0.904. The van der Waals surface area contributed by atoms with Crippen molar-refractivity contribution in [1.29, 1.82) is 0 Å². The van der Waals surface area contributed by atoms with Gasteiger partial charge in [0.2, 0.25) is 0 Å². The topological polar surface area (TPSA) is 34.1 Å². The van der Waals surface area contributed by atoms with Gasteiger partial charge in [0.1, 0.15) is 12.4 Å². The highest BCUT2D eigenvalue weighted by molar-refractivity contribution is 9.10. The second kappa shape index (κ2) is 6.68.